The minimum Gasteiger partial charge on any atom is -0.456 e. The Bertz CT molecular complexity index is 1340. The third-order valence-electron chi connectivity index (χ3n) is 15.5. The van der Waals surface area contributed by atoms with E-state index < -0.39 is 84.3 Å². The third kappa shape index (κ3) is 53.8. The Morgan fingerprint density at radius 1 is 0.388 bits per heavy atom. The monoisotopic (exact) mass is 1290 g/mol. The molecule has 0 aliphatic carbocycles. The van der Waals surface area contributed by atoms with Gasteiger partial charge in [0.05, 0.1) is 13.2 Å². The van der Waals surface area contributed by atoms with Crippen LogP contribution in [0.1, 0.15) is 216 Å². The second kappa shape index (κ2) is 53.6. The van der Waals surface area contributed by atoms with Crippen LogP contribution in [-0.4, -0.2) is 134 Å². The third-order valence-corrected chi connectivity index (χ3v) is 45.6. The average molecular weight is 1290 g/mol. The van der Waals surface area contributed by atoms with Crippen LogP contribution in [0.4, 0.5) is 0 Å². The van der Waals surface area contributed by atoms with Crippen molar-refractivity contribution in [1.29, 1.82) is 0 Å². The lowest BCUT2D eigenvalue weighted by molar-refractivity contribution is 0.00631. The predicted molar refractivity (Wildman–Crippen MR) is 379 cm³/mol. The van der Waals surface area contributed by atoms with Crippen molar-refractivity contribution in [3.8, 4) is 0 Å². The van der Waals surface area contributed by atoms with Gasteiger partial charge in [-0.1, -0.05) is 202 Å². The lowest BCUT2D eigenvalue weighted by Crippen LogP contribution is -2.50. The first-order valence-corrected chi connectivity index (χ1v) is 58.7. The zero-order chi connectivity index (χ0) is 61.1. The molecule has 2 N–H and O–H groups in total. The second-order valence-electron chi connectivity index (χ2n) is 26.1. The standard InChI is InChI=1S/C57H134O10Si9.2C2H6.H2/c1-16-18-20-22-24-26-28-30-32-37-49-75(14,67-76(15,65-69-4)52-38-33-31-29-27-25-23-21-19-17-2)50-41-36-45-62-73(12,51-42-43-60-56-57(59)55-58)47-40-35-46-63-74(13,54-53-71(8,9)66-70(5,6)7)48-39-34-44-61-72(10,11)64-68-3;2*1-2;/h57-59H,16-56,68-69H2,1-15H3;2*1-2H3;1H. The normalized spacial score (nSPS) is 16.0. The second-order valence-corrected chi connectivity index (χ2v) is 57.6. The highest BCUT2D eigenvalue weighted by atomic mass is 28.5. The van der Waals surface area contributed by atoms with E-state index in [2.05, 4.69) is 99.0 Å². The predicted octanol–water partition coefficient (Wildman–Crippen LogP) is 19.1. The molecule has 19 heteroatoms. The molecule has 0 saturated heterocycles. The Hall–Kier alpha value is 1.55. The summed E-state index contributed by atoms with van der Waals surface area (Å²) in [5, 5.41) is 19.2. The SMILES string of the molecule is CC.CC.CCCCCCCCCCCC[Si](C)(CCCCO[Si](C)(CCCCO[Si](C)(CCCCO[Si](C)(C)O[SiH2]C)CC[Si](C)(C)O[Si](C)(C)C)CCCOCC(O)CO)O[Si](C)(CCCCCCCCCCCC)O[SiH2]C.[HH]. The summed E-state index contributed by atoms with van der Waals surface area (Å²) in [6.45, 7) is 46.2. The molecular formula is C61H148O10Si9. The molecule has 0 aliphatic rings. The fraction of sp³-hybridized carbons (Fsp3) is 1.00. The number of aliphatic hydroxyl groups is 2. The summed E-state index contributed by atoms with van der Waals surface area (Å²) in [5.41, 5.74) is 0. The van der Waals surface area contributed by atoms with E-state index in [1.54, 1.807) is 0 Å². The van der Waals surface area contributed by atoms with Gasteiger partial charge < -0.3 is 44.7 Å². The van der Waals surface area contributed by atoms with E-state index in [0.717, 1.165) is 76.5 Å². The quantitative estimate of drug-likeness (QED) is 0.0451. The molecule has 5 atom stereocenters. The van der Waals surface area contributed by atoms with Crippen LogP contribution in [0.25, 0.3) is 0 Å². The van der Waals surface area contributed by atoms with Crippen LogP contribution in [0.2, 0.25) is 133 Å². The number of hydrogen-bond donors (Lipinski definition) is 2. The Morgan fingerprint density at radius 3 is 1.16 bits per heavy atom. The number of aliphatic hydroxyl groups excluding tert-OH is 2. The Kier molecular flexibility index (Phi) is 57.4. The van der Waals surface area contributed by atoms with Gasteiger partial charge in [-0.2, -0.15) is 0 Å². The van der Waals surface area contributed by atoms with Crippen molar-refractivity contribution >= 4 is 78.2 Å². The molecule has 0 aliphatic heterocycles. The van der Waals surface area contributed by atoms with Gasteiger partial charge in [0.25, 0.3) is 0 Å². The molecule has 0 aromatic carbocycles. The van der Waals surface area contributed by atoms with Gasteiger partial charge in [-0.15, -0.1) is 0 Å². The smallest absolute Gasteiger partial charge is 0.321 e. The van der Waals surface area contributed by atoms with Gasteiger partial charge in [0.15, 0.2) is 41.6 Å². The summed E-state index contributed by atoms with van der Waals surface area (Å²) in [6.07, 6.45) is 34.1. The number of unbranched alkanes of at least 4 members (excludes halogenated alkanes) is 21. The molecule has 0 fully saturated rings. The van der Waals surface area contributed by atoms with E-state index >= 15 is 0 Å². The van der Waals surface area contributed by atoms with Crippen molar-refractivity contribution in [1.82, 2.24) is 0 Å². The summed E-state index contributed by atoms with van der Waals surface area (Å²) in [6, 6.07) is 9.28. The van der Waals surface area contributed by atoms with Crippen LogP contribution in [0, 0.1) is 0 Å². The fourth-order valence-electron chi connectivity index (χ4n) is 11.1. The molecule has 0 bridgehead atoms. The van der Waals surface area contributed by atoms with Crippen LogP contribution in [0.15, 0.2) is 0 Å². The summed E-state index contributed by atoms with van der Waals surface area (Å²) in [4.78, 5) is 0. The molecule has 0 spiro atoms. The van der Waals surface area contributed by atoms with Crippen molar-refractivity contribution in [2.24, 2.45) is 0 Å². The van der Waals surface area contributed by atoms with Crippen LogP contribution in [0.3, 0.4) is 0 Å². The zero-order valence-electron chi connectivity index (χ0n) is 57.6. The molecule has 5 unspecified atom stereocenters. The van der Waals surface area contributed by atoms with Crippen LogP contribution in [0.5, 0.6) is 0 Å². The number of ether oxygens (including phenoxy) is 1. The number of hydrogen-bond acceptors (Lipinski definition) is 10. The Morgan fingerprint density at radius 2 is 0.750 bits per heavy atom. The van der Waals surface area contributed by atoms with E-state index in [4.69, 9.17) is 34.5 Å². The molecule has 0 aromatic heterocycles. The molecule has 0 saturated carbocycles. The molecule has 10 nitrogen and oxygen atoms in total. The minimum absolute atomic E-state index is 0. The van der Waals surface area contributed by atoms with Gasteiger partial charge >= 0.3 is 17.1 Å². The summed E-state index contributed by atoms with van der Waals surface area (Å²) in [7, 11) is -14.7. The van der Waals surface area contributed by atoms with E-state index in [0.29, 0.717) is 6.61 Å². The summed E-state index contributed by atoms with van der Waals surface area (Å²) < 4.78 is 53.5. The minimum atomic E-state index is -2.24. The summed E-state index contributed by atoms with van der Waals surface area (Å²) >= 11 is 0. The lowest BCUT2D eigenvalue weighted by Gasteiger charge is -2.38. The molecule has 0 heterocycles. The van der Waals surface area contributed by atoms with Crippen molar-refractivity contribution < 1.29 is 46.1 Å². The van der Waals surface area contributed by atoms with Crippen molar-refractivity contribution in [2.45, 2.75) is 354 Å². The highest BCUT2D eigenvalue weighted by Gasteiger charge is 2.41. The maximum Gasteiger partial charge on any atom is 0.321 e. The van der Waals surface area contributed by atoms with Gasteiger partial charge in [-0.25, -0.2) is 0 Å². The lowest BCUT2D eigenvalue weighted by atomic mass is 10.1. The largest absolute Gasteiger partial charge is 0.456 e. The first-order chi connectivity index (χ1) is 37.9. The molecule has 0 aromatic rings. The van der Waals surface area contributed by atoms with Gasteiger partial charge in [-0.05, 0) is 146 Å². The van der Waals surface area contributed by atoms with Gasteiger partial charge in [-0.3, -0.25) is 0 Å². The molecule has 0 rings (SSSR count). The molecule has 80 heavy (non-hydrogen) atoms. The fourth-order valence-corrected chi connectivity index (χ4v) is 43.9. The molecule has 0 radical (unpaired) electrons. The topological polar surface area (TPSA) is 114 Å². The highest BCUT2D eigenvalue weighted by molar-refractivity contribution is 6.86. The zero-order valence-corrected chi connectivity index (χ0v) is 67.5. The molecular weight excluding hydrogens is 1150 g/mol. The van der Waals surface area contributed by atoms with E-state index in [9.17, 15) is 10.2 Å². The van der Waals surface area contributed by atoms with E-state index in [-0.39, 0.29) is 14.6 Å². The van der Waals surface area contributed by atoms with E-state index in [1.165, 1.54) is 165 Å². The first kappa shape index (κ1) is 85.8. The van der Waals surface area contributed by atoms with Crippen molar-refractivity contribution in [3.63, 3.8) is 0 Å². The molecule has 0 amide bonds. The van der Waals surface area contributed by atoms with Gasteiger partial charge in [0.1, 0.15) is 25.6 Å². The van der Waals surface area contributed by atoms with Crippen LogP contribution in [-0.2, 0) is 34.5 Å². The maximum atomic E-state index is 9.89. The average Bonchev–Trinajstić information content (AvgIpc) is 3.39. The summed E-state index contributed by atoms with van der Waals surface area (Å²) in [5.74, 6) is 0. The number of rotatable bonds is 58. The van der Waals surface area contributed by atoms with Crippen LogP contribution < -0.4 is 0 Å². The Balaban J connectivity index is -0.00000578. The van der Waals surface area contributed by atoms with Crippen molar-refractivity contribution in [2.75, 3.05) is 39.6 Å². The van der Waals surface area contributed by atoms with Crippen LogP contribution >= 0.6 is 0 Å². The Labute approximate surface area is 515 Å². The van der Waals surface area contributed by atoms with Crippen molar-refractivity contribution in [3.05, 3.63) is 0 Å². The van der Waals surface area contributed by atoms with Gasteiger partial charge in [0, 0.05) is 27.9 Å². The van der Waals surface area contributed by atoms with E-state index in [1.807, 2.05) is 27.7 Å². The molecule has 488 valence electrons. The highest BCUT2D eigenvalue weighted by Crippen LogP contribution is 2.33. The maximum absolute atomic E-state index is 9.89. The van der Waals surface area contributed by atoms with Gasteiger partial charge in [0.2, 0.25) is 0 Å². The first-order valence-electron chi connectivity index (χ1n) is 34.4.